The van der Waals surface area contributed by atoms with Crippen LogP contribution in [-0.2, 0) is 16.0 Å². The molecule has 1 amide bonds. The van der Waals surface area contributed by atoms with E-state index >= 15 is 0 Å². The summed E-state index contributed by atoms with van der Waals surface area (Å²) < 4.78 is 24.9. The van der Waals surface area contributed by atoms with E-state index in [1.807, 2.05) is 13.8 Å². The van der Waals surface area contributed by atoms with Crippen molar-refractivity contribution in [1.29, 1.82) is 0 Å². The molecule has 0 aromatic heterocycles. The van der Waals surface area contributed by atoms with Crippen LogP contribution in [0.2, 0.25) is 0 Å². The van der Waals surface area contributed by atoms with E-state index in [4.69, 9.17) is 15.2 Å². The van der Waals surface area contributed by atoms with Crippen LogP contribution in [0.4, 0.5) is 4.39 Å². The fraction of sp³-hybridized carbons (Fsp3) is 0.767. The number of amides is 1. The molecule has 1 aromatic rings. The molecule has 4 unspecified atom stereocenters. The van der Waals surface area contributed by atoms with Crippen molar-refractivity contribution >= 4 is 5.91 Å². The quantitative estimate of drug-likeness (QED) is 0.183. The monoisotopic (exact) mass is 540 g/mol. The highest BCUT2D eigenvalue weighted by atomic mass is 19.1. The summed E-state index contributed by atoms with van der Waals surface area (Å²) in [5.41, 5.74) is 7.44. The average Bonchev–Trinajstić information content (AvgIpc) is 2.88. The van der Waals surface area contributed by atoms with E-state index in [1.54, 1.807) is 19.2 Å². The maximum atomic E-state index is 14.2. The molecule has 0 aliphatic rings. The molecule has 0 bridgehead atoms. The Bertz CT molecular complexity index is 792. The maximum absolute atomic E-state index is 14.2. The van der Waals surface area contributed by atoms with Crippen molar-refractivity contribution in [3.05, 3.63) is 29.6 Å². The minimum Gasteiger partial charge on any atom is -0.490 e. The van der Waals surface area contributed by atoms with Gasteiger partial charge in [-0.3, -0.25) is 4.79 Å². The van der Waals surface area contributed by atoms with E-state index in [0.29, 0.717) is 44.9 Å². The number of hydrogen-bond donors (Lipinski definition) is 4. The molecular weight excluding hydrogens is 487 g/mol. The number of halogens is 1. The highest BCUT2D eigenvalue weighted by molar-refractivity contribution is 5.78. The fourth-order valence-electron chi connectivity index (χ4n) is 4.73. The summed E-state index contributed by atoms with van der Waals surface area (Å²) in [4.78, 5) is 12.9. The van der Waals surface area contributed by atoms with Crippen LogP contribution in [0.25, 0.3) is 0 Å². The van der Waals surface area contributed by atoms with Crippen molar-refractivity contribution in [2.45, 2.75) is 85.3 Å². The summed E-state index contributed by atoms with van der Waals surface area (Å²) in [7, 11) is 1.62. The smallest absolute Gasteiger partial charge is 0.223 e. The number of carbonyl (C=O) groups excluding carboxylic acids is 1. The number of nitrogens with one attached hydrogen (secondary N) is 1. The number of nitrogens with two attached hydrogens (primary N) is 1. The first-order valence-corrected chi connectivity index (χ1v) is 14.3. The van der Waals surface area contributed by atoms with Crippen LogP contribution in [0.1, 0.15) is 72.3 Å². The molecular formula is C30H53FN2O5. The molecule has 38 heavy (non-hydrogen) atoms. The molecule has 7 nitrogen and oxygen atoms in total. The van der Waals surface area contributed by atoms with Crippen LogP contribution in [0.3, 0.4) is 0 Å². The third-order valence-corrected chi connectivity index (χ3v) is 7.41. The Morgan fingerprint density at radius 1 is 1.13 bits per heavy atom. The minimum absolute atomic E-state index is 0.0398. The van der Waals surface area contributed by atoms with Gasteiger partial charge in [-0.2, -0.15) is 0 Å². The third-order valence-electron chi connectivity index (χ3n) is 7.41. The highest BCUT2D eigenvalue weighted by Gasteiger charge is 2.30. The normalized spacial score (nSPS) is 15.8. The molecule has 0 spiro atoms. The lowest BCUT2D eigenvalue weighted by molar-refractivity contribution is -0.128. The second kappa shape index (κ2) is 18.5. The second-order valence-corrected chi connectivity index (χ2v) is 11.3. The lowest BCUT2D eigenvalue weighted by atomic mass is 9.81. The maximum Gasteiger partial charge on any atom is 0.223 e. The molecule has 0 heterocycles. The van der Waals surface area contributed by atoms with Gasteiger partial charge in [0.2, 0.25) is 5.91 Å². The fourth-order valence-corrected chi connectivity index (χ4v) is 4.73. The van der Waals surface area contributed by atoms with Crippen molar-refractivity contribution in [3.8, 4) is 5.75 Å². The van der Waals surface area contributed by atoms with E-state index in [1.165, 1.54) is 6.07 Å². The van der Waals surface area contributed by atoms with Crippen molar-refractivity contribution in [2.24, 2.45) is 35.3 Å². The van der Waals surface area contributed by atoms with Gasteiger partial charge in [0.25, 0.3) is 0 Å². The molecule has 0 radical (unpaired) electrons. The Morgan fingerprint density at radius 3 is 2.42 bits per heavy atom. The summed E-state index contributed by atoms with van der Waals surface area (Å²) in [6, 6.07) is 4.45. The van der Waals surface area contributed by atoms with Crippen LogP contribution in [0.5, 0.6) is 5.75 Å². The van der Waals surface area contributed by atoms with E-state index in [9.17, 15) is 19.4 Å². The second-order valence-electron chi connectivity index (χ2n) is 11.3. The summed E-state index contributed by atoms with van der Waals surface area (Å²) in [5.74, 6) is -0.0952. The van der Waals surface area contributed by atoms with E-state index in [0.717, 1.165) is 18.4 Å². The number of benzene rings is 1. The Hall–Kier alpha value is -1.74. The SMILES string of the molecule is CCCC(CO)CNC(=O)C(C[C@H](O)C(N)CC(Cc1ccc(F)c(OCCCOC)c1)C(C)C)C(C)C. The zero-order valence-corrected chi connectivity index (χ0v) is 24.4. The molecule has 1 rings (SSSR count). The van der Waals surface area contributed by atoms with Crippen LogP contribution < -0.4 is 15.8 Å². The highest BCUT2D eigenvalue weighted by Crippen LogP contribution is 2.28. The Kier molecular flexibility index (Phi) is 16.7. The van der Waals surface area contributed by atoms with Crippen molar-refractivity contribution in [2.75, 3.05) is 33.5 Å². The zero-order valence-electron chi connectivity index (χ0n) is 24.4. The van der Waals surface area contributed by atoms with Gasteiger partial charge in [0.1, 0.15) is 0 Å². The molecule has 5 atom stereocenters. The topological polar surface area (TPSA) is 114 Å². The van der Waals surface area contributed by atoms with E-state index in [-0.39, 0.29) is 48.4 Å². The lowest BCUT2D eigenvalue weighted by Crippen LogP contribution is -2.43. The van der Waals surface area contributed by atoms with Crippen LogP contribution in [-0.4, -0.2) is 61.7 Å². The number of carbonyl (C=O) groups is 1. The van der Waals surface area contributed by atoms with Gasteiger partial charge in [0.05, 0.1) is 12.7 Å². The molecule has 0 fully saturated rings. The van der Waals surface area contributed by atoms with Gasteiger partial charge in [-0.25, -0.2) is 4.39 Å². The minimum atomic E-state index is -0.827. The summed E-state index contributed by atoms with van der Waals surface area (Å²) in [6.07, 6.45) is 3.19. The largest absolute Gasteiger partial charge is 0.490 e. The van der Waals surface area contributed by atoms with Gasteiger partial charge < -0.3 is 30.7 Å². The molecule has 8 heteroatoms. The first-order chi connectivity index (χ1) is 18.0. The number of aliphatic hydroxyl groups excluding tert-OH is 2. The first kappa shape index (κ1) is 34.3. The Balaban J connectivity index is 2.78. The molecule has 0 saturated heterocycles. The number of methoxy groups -OCH3 is 1. The molecule has 0 aliphatic carbocycles. The number of hydrogen-bond acceptors (Lipinski definition) is 6. The van der Waals surface area contributed by atoms with Crippen molar-refractivity contribution < 1.29 is 28.9 Å². The summed E-state index contributed by atoms with van der Waals surface area (Å²) in [5, 5.41) is 23.5. The van der Waals surface area contributed by atoms with E-state index in [2.05, 4.69) is 26.1 Å². The zero-order chi connectivity index (χ0) is 28.7. The molecule has 0 saturated carbocycles. The number of rotatable bonds is 20. The summed E-state index contributed by atoms with van der Waals surface area (Å²) >= 11 is 0. The van der Waals surface area contributed by atoms with Crippen molar-refractivity contribution in [3.63, 3.8) is 0 Å². The van der Waals surface area contributed by atoms with Crippen LogP contribution in [0.15, 0.2) is 18.2 Å². The lowest BCUT2D eigenvalue weighted by Gasteiger charge is -2.30. The van der Waals surface area contributed by atoms with Gasteiger partial charge in [-0.05, 0) is 67.1 Å². The van der Waals surface area contributed by atoms with Crippen LogP contribution >= 0.6 is 0 Å². The first-order valence-electron chi connectivity index (χ1n) is 14.3. The Morgan fingerprint density at radius 2 is 1.84 bits per heavy atom. The van der Waals surface area contributed by atoms with E-state index < -0.39 is 18.0 Å². The number of ether oxygens (including phenoxy) is 2. The van der Waals surface area contributed by atoms with Gasteiger partial charge >= 0.3 is 0 Å². The van der Waals surface area contributed by atoms with Gasteiger partial charge in [0.15, 0.2) is 11.6 Å². The molecule has 1 aromatic carbocycles. The Labute approximate surface area is 229 Å². The summed E-state index contributed by atoms with van der Waals surface area (Å²) in [6.45, 7) is 11.6. The van der Waals surface area contributed by atoms with Crippen LogP contribution in [0, 0.1) is 35.4 Å². The predicted molar refractivity (Wildman–Crippen MR) is 150 cm³/mol. The third kappa shape index (κ3) is 12.4. The predicted octanol–water partition coefficient (Wildman–Crippen LogP) is 4.32. The van der Waals surface area contributed by atoms with Gasteiger partial charge in [-0.1, -0.05) is 47.1 Å². The average molecular weight is 541 g/mol. The molecule has 0 aliphatic heterocycles. The van der Waals surface area contributed by atoms with Crippen molar-refractivity contribution in [1.82, 2.24) is 5.32 Å². The van der Waals surface area contributed by atoms with Gasteiger partial charge in [-0.15, -0.1) is 0 Å². The van der Waals surface area contributed by atoms with Gasteiger partial charge in [0, 0.05) is 45.2 Å². The number of aliphatic hydroxyl groups is 2. The standard InChI is InChI=1S/C30H53FN2O5/c1-7-9-23(19-34)18-33-30(36)25(21(4)5)17-28(35)27(32)16-24(20(2)3)14-22-10-11-26(31)29(15-22)38-13-8-12-37-6/h10-11,15,20-21,23-25,27-28,34-35H,7-9,12-14,16-19,32H2,1-6H3,(H,33,36)/t23?,24?,25?,27?,28-/m0/s1. The molecule has 5 N–H and O–H groups in total. The molecule has 220 valence electrons.